The van der Waals surface area contributed by atoms with Gasteiger partial charge in [0.1, 0.15) is 11.4 Å². The topological polar surface area (TPSA) is 83.6 Å². The number of hydrogen-bond acceptors (Lipinski definition) is 6. The van der Waals surface area contributed by atoms with Gasteiger partial charge >= 0.3 is 6.09 Å². The number of ether oxygens (including phenoxy) is 2. The number of carbonyl (C=O) groups is 1. The number of para-hydroxylation sites is 1. The van der Waals surface area contributed by atoms with Crippen molar-refractivity contribution in [2.45, 2.75) is 26.4 Å². The second-order valence-corrected chi connectivity index (χ2v) is 8.13. The average molecular weight is 438 g/mol. The van der Waals surface area contributed by atoms with Crippen LogP contribution in [0, 0.1) is 0 Å². The van der Waals surface area contributed by atoms with Crippen LogP contribution in [0.2, 0.25) is 0 Å². The van der Waals surface area contributed by atoms with Crippen molar-refractivity contribution in [3.8, 4) is 17.1 Å². The lowest BCUT2D eigenvalue weighted by molar-refractivity contribution is 0.0240. The monoisotopic (exact) mass is 437 g/mol. The minimum absolute atomic E-state index is 0.278. The van der Waals surface area contributed by atoms with E-state index in [2.05, 4.69) is 36.0 Å². The zero-order valence-electron chi connectivity index (χ0n) is 16.0. The molecule has 1 aromatic heterocycles. The molecule has 146 valence electrons. The normalized spacial score (nSPS) is 15.0. The molecule has 0 saturated carbocycles. The van der Waals surface area contributed by atoms with Crippen molar-refractivity contribution in [1.29, 1.82) is 0 Å². The number of H-pyrrole nitrogens is 1. The lowest BCUT2D eigenvalue weighted by Crippen LogP contribution is -2.50. The van der Waals surface area contributed by atoms with Gasteiger partial charge in [0.15, 0.2) is 5.82 Å². The Morgan fingerprint density at radius 2 is 1.89 bits per heavy atom. The van der Waals surface area contributed by atoms with Crippen LogP contribution in [0.3, 0.4) is 0 Å². The number of amides is 1. The zero-order chi connectivity index (χ0) is 19.6. The Kier molecular flexibility index (Phi) is 5.59. The van der Waals surface area contributed by atoms with Crippen LogP contribution in [0.1, 0.15) is 20.8 Å². The molecule has 0 unspecified atom stereocenters. The third kappa shape index (κ3) is 4.52. The Morgan fingerprint density at radius 1 is 1.19 bits per heavy atom. The highest BCUT2D eigenvalue weighted by atomic mass is 79.9. The Balaban J connectivity index is 1.67. The lowest BCUT2D eigenvalue weighted by Gasteiger charge is -2.35. The van der Waals surface area contributed by atoms with Crippen LogP contribution in [0.25, 0.3) is 11.4 Å². The fraction of sp³-hybridized carbons (Fsp3) is 0.500. The molecule has 2 heterocycles. The molecule has 1 aromatic carbocycles. The summed E-state index contributed by atoms with van der Waals surface area (Å²) in [5, 5.41) is 8.53. The molecule has 27 heavy (non-hydrogen) atoms. The summed E-state index contributed by atoms with van der Waals surface area (Å²) in [6.07, 6.45) is -0.278. The summed E-state index contributed by atoms with van der Waals surface area (Å²) in [6, 6.07) is 5.76. The van der Waals surface area contributed by atoms with Gasteiger partial charge < -0.3 is 24.3 Å². The molecular weight excluding hydrogens is 414 g/mol. The number of methoxy groups -OCH3 is 1. The van der Waals surface area contributed by atoms with E-state index in [4.69, 9.17) is 9.47 Å². The number of aromatic amines is 1. The highest BCUT2D eigenvalue weighted by Gasteiger charge is 2.27. The summed E-state index contributed by atoms with van der Waals surface area (Å²) in [6.45, 7) is 8.07. The summed E-state index contributed by atoms with van der Waals surface area (Å²) in [4.78, 5) is 19.2. The first kappa shape index (κ1) is 19.5. The lowest BCUT2D eigenvalue weighted by atomic mass is 10.2. The SMILES string of the molecule is COc1c(Br)cccc1-c1nnc(N2CCN(C(=O)OC(C)(C)C)CC2)[nH]1. The minimum atomic E-state index is -0.489. The van der Waals surface area contributed by atoms with Crippen LogP contribution in [-0.2, 0) is 4.74 Å². The maximum atomic E-state index is 12.2. The predicted molar refractivity (Wildman–Crippen MR) is 106 cm³/mol. The molecule has 1 aliphatic heterocycles. The van der Waals surface area contributed by atoms with Crippen molar-refractivity contribution in [1.82, 2.24) is 20.1 Å². The van der Waals surface area contributed by atoms with Gasteiger partial charge in [-0.25, -0.2) is 4.79 Å². The van der Waals surface area contributed by atoms with E-state index in [0.717, 1.165) is 10.0 Å². The van der Waals surface area contributed by atoms with Crippen molar-refractivity contribution >= 4 is 28.0 Å². The number of nitrogens with zero attached hydrogens (tertiary/aromatic N) is 4. The number of benzene rings is 1. The van der Waals surface area contributed by atoms with Gasteiger partial charge in [-0.15, -0.1) is 10.2 Å². The first-order chi connectivity index (χ1) is 12.8. The molecule has 0 atom stereocenters. The van der Waals surface area contributed by atoms with Gasteiger partial charge in [0.25, 0.3) is 0 Å². The third-order valence-corrected chi connectivity index (χ3v) is 4.76. The molecule has 1 saturated heterocycles. The summed E-state index contributed by atoms with van der Waals surface area (Å²) in [7, 11) is 1.62. The number of aromatic nitrogens is 3. The Bertz CT molecular complexity index is 810. The standard InChI is InChI=1S/C18H24BrN5O3/c1-18(2,3)27-17(25)24-10-8-23(9-11-24)16-20-15(21-22-16)12-6-5-7-13(19)14(12)26-4/h5-7H,8-11H2,1-4H3,(H,20,21,22). The smallest absolute Gasteiger partial charge is 0.410 e. The maximum absolute atomic E-state index is 12.2. The number of nitrogens with one attached hydrogen (secondary N) is 1. The molecule has 0 spiro atoms. The quantitative estimate of drug-likeness (QED) is 0.792. The highest BCUT2D eigenvalue weighted by Crippen LogP contribution is 2.34. The summed E-state index contributed by atoms with van der Waals surface area (Å²) in [5.74, 6) is 2.02. The first-order valence-electron chi connectivity index (χ1n) is 8.77. The maximum Gasteiger partial charge on any atom is 0.410 e. The van der Waals surface area contributed by atoms with Crippen LogP contribution in [0.15, 0.2) is 22.7 Å². The van der Waals surface area contributed by atoms with E-state index >= 15 is 0 Å². The number of hydrogen-bond donors (Lipinski definition) is 1. The molecule has 0 radical (unpaired) electrons. The van der Waals surface area contributed by atoms with Crippen LogP contribution < -0.4 is 9.64 Å². The summed E-state index contributed by atoms with van der Waals surface area (Å²) in [5.41, 5.74) is 0.342. The number of carbonyl (C=O) groups excluding carboxylic acids is 1. The van der Waals surface area contributed by atoms with Crippen LogP contribution in [-0.4, -0.2) is 65.1 Å². The summed E-state index contributed by atoms with van der Waals surface area (Å²) < 4.78 is 11.7. The fourth-order valence-corrected chi connectivity index (χ4v) is 3.37. The number of halogens is 1. The van der Waals surface area contributed by atoms with Gasteiger partial charge in [0, 0.05) is 26.2 Å². The molecule has 3 rings (SSSR count). The molecule has 9 heteroatoms. The van der Waals surface area contributed by atoms with E-state index < -0.39 is 5.60 Å². The predicted octanol–water partition coefficient (Wildman–Crippen LogP) is 3.30. The first-order valence-corrected chi connectivity index (χ1v) is 9.56. The van der Waals surface area contributed by atoms with E-state index in [9.17, 15) is 4.79 Å². The molecule has 0 bridgehead atoms. The van der Waals surface area contributed by atoms with Crippen molar-refractivity contribution < 1.29 is 14.3 Å². The van der Waals surface area contributed by atoms with Crippen molar-refractivity contribution in [3.63, 3.8) is 0 Å². The van der Waals surface area contributed by atoms with E-state index in [1.807, 2.05) is 39.0 Å². The van der Waals surface area contributed by atoms with E-state index in [0.29, 0.717) is 43.7 Å². The van der Waals surface area contributed by atoms with Gasteiger partial charge in [0.05, 0.1) is 17.1 Å². The second kappa shape index (κ2) is 7.75. The zero-order valence-corrected chi connectivity index (χ0v) is 17.5. The second-order valence-electron chi connectivity index (χ2n) is 7.27. The van der Waals surface area contributed by atoms with Crippen molar-refractivity contribution in [2.24, 2.45) is 0 Å². The van der Waals surface area contributed by atoms with Gasteiger partial charge in [-0.3, -0.25) is 0 Å². The minimum Gasteiger partial charge on any atom is -0.495 e. The van der Waals surface area contributed by atoms with E-state index in [-0.39, 0.29) is 6.09 Å². The van der Waals surface area contributed by atoms with Crippen LogP contribution in [0.5, 0.6) is 5.75 Å². The Labute approximate surface area is 167 Å². The molecular formula is C18H24BrN5O3. The molecule has 1 aliphatic rings. The molecule has 0 aliphatic carbocycles. The largest absolute Gasteiger partial charge is 0.495 e. The average Bonchev–Trinajstić information content (AvgIpc) is 3.10. The van der Waals surface area contributed by atoms with Crippen molar-refractivity contribution in [2.75, 3.05) is 38.2 Å². The molecule has 2 aromatic rings. The molecule has 1 N–H and O–H groups in total. The van der Waals surface area contributed by atoms with Gasteiger partial charge in [-0.1, -0.05) is 6.07 Å². The van der Waals surface area contributed by atoms with E-state index in [1.165, 1.54) is 0 Å². The fourth-order valence-electron chi connectivity index (χ4n) is 2.85. The van der Waals surface area contributed by atoms with Crippen LogP contribution >= 0.6 is 15.9 Å². The summed E-state index contributed by atoms with van der Waals surface area (Å²) >= 11 is 3.48. The van der Waals surface area contributed by atoms with Gasteiger partial charge in [0.2, 0.25) is 5.95 Å². The highest BCUT2D eigenvalue weighted by molar-refractivity contribution is 9.10. The van der Waals surface area contributed by atoms with Crippen LogP contribution in [0.4, 0.5) is 10.7 Å². The molecule has 1 amide bonds. The number of rotatable bonds is 3. The Hall–Kier alpha value is -2.29. The Morgan fingerprint density at radius 3 is 2.52 bits per heavy atom. The third-order valence-electron chi connectivity index (χ3n) is 4.13. The number of piperazine rings is 1. The van der Waals surface area contributed by atoms with Crippen molar-refractivity contribution in [3.05, 3.63) is 22.7 Å². The van der Waals surface area contributed by atoms with Gasteiger partial charge in [-0.05, 0) is 48.8 Å². The van der Waals surface area contributed by atoms with Gasteiger partial charge in [-0.2, -0.15) is 0 Å². The molecule has 8 nitrogen and oxygen atoms in total. The molecule has 1 fully saturated rings. The number of anilines is 1. The van der Waals surface area contributed by atoms with E-state index in [1.54, 1.807) is 12.0 Å².